The maximum Gasteiger partial charge on any atom is 0.410 e. The average molecular weight is 347 g/mol. The maximum atomic E-state index is 12.4. The van der Waals surface area contributed by atoms with Crippen molar-refractivity contribution in [3.05, 3.63) is 35.9 Å². The van der Waals surface area contributed by atoms with E-state index in [0.717, 1.165) is 5.56 Å². The predicted octanol–water partition coefficient (Wildman–Crippen LogP) is 4.01. The zero-order valence-corrected chi connectivity index (χ0v) is 15.9. The highest BCUT2D eigenvalue weighted by Gasteiger charge is 2.44. The van der Waals surface area contributed by atoms with E-state index in [1.165, 1.54) is 0 Å². The van der Waals surface area contributed by atoms with Gasteiger partial charge < -0.3 is 14.4 Å². The van der Waals surface area contributed by atoms with E-state index in [4.69, 9.17) is 9.47 Å². The van der Waals surface area contributed by atoms with Crippen LogP contribution in [0.15, 0.2) is 30.3 Å². The largest absolute Gasteiger partial charge is 0.460 e. The minimum atomic E-state index is -0.496. The van der Waals surface area contributed by atoms with Gasteiger partial charge in [-0.05, 0) is 37.7 Å². The van der Waals surface area contributed by atoms with Crippen LogP contribution in [0.3, 0.4) is 0 Å². The second-order valence-corrected chi connectivity index (χ2v) is 8.24. The first-order chi connectivity index (χ1) is 11.6. The Balaban J connectivity index is 1.90. The summed E-state index contributed by atoms with van der Waals surface area (Å²) in [6.45, 7) is 11.0. The number of carbonyl (C=O) groups is 2. The molecule has 1 amide bonds. The van der Waals surface area contributed by atoms with E-state index in [1.807, 2.05) is 58.0 Å². The molecule has 0 radical (unpaired) electrons. The first kappa shape index (κ1) is 19.3. The van der Waals surface area contributed by atoms with Gasteiger partial charge in [-0.3, -0.25) is 4.79 Å². The Labute approximate surface area is 150 Å². The quantitative estimate of drug-likeness (QED) is 0.772. The molecule has 5 nitrogen and oxygen atoms in total. The Hall–Kier alpha value is -2.04. The zero-order chi connectivity index (χ0) is 18.7. The standard InChI is InChI=1S/C20H29NO4/c1-15-12-21(18(23)24-13-16-9-7-6-8-10-16)14-20(15,5)11-17(22)25-19(2,3)4/h6-10,15H,11-14H2,1-5H3/t15-,20-/m1/s1. The van der Waals surface area contributed by atoms with Gasteiger partial charge in [0.05, 0.1) is 6.42 Å². The SMILES string of the molecule is C[C@@H]1CN(C(=O)OCc2ccccc2)C[C@@]1(C)CC(=O)OC(C)(C)C. The van der Waals surface area contributed by atoms with E-state index in [9.17, 15) is 9.59 Å². The number of nitrogens with zero attached hydrogens (tertiary/aromatic N) is 1. The van der Waals surface area contributed by atoms with Crippen LogP contribution in [0.1, 0.15) is 46.6 Å². The van der Waals surface area contributed by atoms with Crippen molar-refractivity contribution in [2.24, 2.45) is 11.3 Å². The molecule has 1 aromatic rings. The summed E-state index contributed by atoms with van der Waals surface area (Å²) < 4.78 is 10.9. The summed E-state index contributed by atoms with van der Waals surface area (Å²) in [5.74, 6) is -0.0225. The Morgan fingerprint density at radius 2 is 1.88 bits per heavy atom. The van der Waals surface area contributed by atoms with Gasteiger partial charge in [-0.2, -0.15) is 0 Å². The topological polar surface area (TPSA) is 55.8 Å². The van der Waals surface area contributed by atoms with Crippen molar-refractivity contribution in [1.29, 1.82) is 0 Å². The molecule has 2 atom stereocenters. The third-order valence-electron chi connectivity index (χ3n) is 4.67. The third kappa shape index (κ3) is 5.48. The molecule has 1 fully saturated rings. The van der Waals surface area contributed by atoms with Crippen LogP contribution in [-0.2, 0) is 20.9 Å². The van der Waals surface area contributed by atoms with E-state index in [2.05, 4.69) is 6.92 Å². The Bertz CT molecular complexity index is 608. The molecule has 5 heteroatoms. The number of esters is 1. The predicted molar refractivity (Wildman–Crippen MR) is 95.9 cm³/mol. The van der Waals surface area contributed by atoms with Crippen LogP contribution < -0.4 is 0 Å². The fourth-order valence-corrected chi connectivity index (χ4v) is 3.09. The molecular weight excluding hydrogens is 318 g/mol. The molecule has 0 bridgehead atoms. The second kappa shape index (κ2) is 7.46. The molecule has 1 aromatic carbocycles. The summed E-state index contributed by atoms with van der Waals surface area (Å²) in [7, 11) is 0. The van der Waals surface area contributed by atoms with Gasteiger partial charge in [0.25, 0.3) is 0 Å². The molecule has 0 spiro atoms. The summed E-state index contributed by atoms with van der Waals surface area (Å²) in [5.41, 5.74) is 0.164. The van der Waals surface area contributed by atoms with Crippen molar-refractivity contribution in [3.63, 3.8) is 0 Å². The molecule has 138 valence electrons. The molecule has 1 saturated heterocycles. The fourth-order valence-electron chi connectivity index (χ4n) is 3.09. The maximum absolute atomic E-state index is 12.4. The summed E-state index contributed by atoms with van der Waals surface area (Å²) in [4.78, 5) is 26.2. The average Bonchev–Trinajstić information content (AvgIpc) is 2.79. The van der Waals surface area contributed by atoms with Crippen molar-refractivity contribution in [2.75, 3.05) is 13.1 Å². The normalized spacial score (nSPS) is 23.4. The lowest BCUT2D eigenvalue weighted by molar-refractivity contribution is -0.157. The van der Waals surface area contributed by atoms with Gasteiger partial charge in [0, 0.05) is 13.1 Å². The lowest BCUT2D eigenvalue weighted by Crippen LogP contribution is -2.34. The number of rotatable bonds is 4. The molecule has 25 heavy (non-hydrogen) atoms. The minimum Gasteiger partial charge on any atom is -0.460 e. The summed E-state index contributed by atoms with van der Waals surface area (Å²) >= 11 is 0. The molecule has 0 N–H and O–H groups in total. The minimum absolute atomic E-state index is 0.198. The Kier molecular flexibility index (Phi) is 5.76. The van der Waals surface area contributed by atoms with Crippen molar-refractivity contribution in [2.45, 2.75) is 53.2 Å². The van der Waals surface area contributed by atoms with Gasteiger partial charge in [0.2, 0.25) is 0 Å². The first-order valence-electron chi connectivity index (χ1n) is 8.76. The van der Waals surface area contributed by atoms with Crippen LogP contribution >= 0.6 is 0 Å². The Morgan fingerprint density at radius 3 is 2.48 bits per heavy atom. The molecule has 0 saturated carbocycles. The summed E-state index contributed by atoms with van der Waals surface area (Å²) in [6.07, 6.45) is -0.0305. The summed E-state index contributed by atoms with van der Waals surface area (Å²) in [5, 5.41) is 0. The summed E-state index contributed by atoms with van der Waals surface area (Å²) in [6, 6.07) is 9.60. The first-order valence-corrected chi connectivity index (χ1v) is 8.76. The number of likely N-dealkylation sites (tertiary alicyclic amines) is 1. The molecule has 0 unspecified atom stereocenters. The van der Waals surface area contributed by atoms with Crippen LogP contribution in [0, 0.1) is 11.3 Å². The number of carbonyl (C=O) groups excluding carboxylic acids is 2. The molecule has 1 aliphatic rings. The van der Waals surface area contributed by atoms with Crippen molar-refractivity contribution < 1.29 is 19.1 Å². The van der Waals surface area contributed by atoms with E-state index >= 15 is 0 Å². The van der Waals surface area contributed by atoms with E-state index in [1.54, 1.807) is 4.90 Å². The van der Waals surface area contributed by atoms with E-state index < -0.39 is 5.60 Å². The molecular formula is C20H29NO4. The highest BCUT2D eigenvalue weighted by molar-refractivity contribution is 5.72. The van der Waals surface area contributed by atoms with Gasteiger partial charge >= 0.3 is 12.1 Å². The Morgan fingerprint density at radius 1 is 1.24 bits per heavy atom. The van der Waals surface area contributed by atoms with Crippen LogP contribution in [0.2, 0.25) is 0 Å². The van der Waals surface area contributed by atoms with Crippen LogP contribution in [-0.4, -0.2) is 35.7 Å². The van der Waals surface area contributed by atoms with Gasteiger partial charge in [0.1, 0.15) is 12.2 Å². The van der Waals surface area contributed by atoms with E-state index in [-0.39, 0.29) is 30.0 Å². The molecule has 1 heterocycles. The number of hydrogen-bond acceptors (Lipinski definition) is 4. The van der Waals surface area contributed by atoms with Gasteiger partial charge in [-0.25, -0.2) is 4.79 Å². The molecule has 2 rings (SSSR count). The fraction of sp³-hybridized carbons (Fsp3) is 0.600. The van der Waals surface area contributed by atoms with Crippen LogP contribution in [0.5, 0.6) is 0 Å². The smallest absolute Gasteiger partial charge is 0.410 e. The molecule has 0 aromatic heterocycles. The van der Waals surface area contributed by atoms with Crippen molar-refractivity contribution in [1.82, 2.24) is 4.90 Å². The van der Waals surface area contributed by atoms with Crippen LogP contribution in [0.4, 0.5) is 4.79 Å². The highest BCUT2D eigenvalue weighted by Crippen LogP contribution is 2.39. The van der Waals surface area contributed by atoms with E-state index in [0.29, 0.717) is 19.5 Å². The third-order valence-corrected chi connectivity index (χ3v) is 4.67. The van der Waals surface area contributed by atoms with Gasteiger partial charge in [-0.1, -0.05) is 44.2 Å². The lowest BCUT2D eigenvalue weighted by Gasteiger charge is -2.29. The number of hydrogen-bond donors (Lipinski definition) is 0. The number of amides is 1. The van der Waals surface area contributed by atoms with Gasteiger partial charge in [0.15, 0.2) is 0 Å². The lowest BCUT2D eigenvalue weighted by atomic mass is 9.78. The van der Waals surface area contributed by atoms with Gasteiger partial charge in [-0.15, -0.1) is 0 Å². The second-order valence-electron chi connectivity index (χ2n) is 8.24. The van der Waals surface area contributed by atoms with Crippen molar-refractivity contribution in [3.8, 4) is 0 Å². The number of ether oxygens (including phenoxy) is 2. The monoisotopic (exact) mass is 347 g/mol. The molecule has 0 aliphatic carbocycles. The molecule has 1 aliphatic heterocycles. The van der Waals surface area contributed by atoms with Crippen molar-refractivity contribution >= 4 is 12.1 Å². The zero-order valence-electron chi connectivity index (χ0n) is 15.9. The number of benzene rings is 1. The van der Waals surface area contributed by atoms with Crippen LogP contribution in [0.25, 0.3) is 0 Å². The highest BCUT2D eigenvalue weighted by atomic mass is 16.6.